The molecule has 0 saturated carbocycles. The monoisotopic (exact) mass is 1670 g/mol. The summed E-state index contributed by atoms with van der Waals surface area (Å²) in [7, 11) is 0. The molecule has 30 nitrogen and oxygen atoms in total. The van der Waals surface area contributed by atoms with Crippen molar-refractivity contribution >= 4 is 59.1 Å². The molecular weight excluding hydrogens is 1500 g/mol. The van der Waals surface area contributed by atoms with E-state index >= 15 is 0 Å². The minimum atomic E-state index is -1.39. The standard InChI is InChI=1S/C88H172N18O12/c1-3-5-7-9-11-13-15-17-19-21-23-25-27-29-31-55-79(109)105(67-47-63-97-83(113)77(69-107)103-87(117)75(53-37-43-61-93)101-85(115)73(51-35-41-59-91)99-81(111)71(95)49-33-39-57-89)65-45-46-66-106(80(110)56-32-30-28-26-24-22-20-18-16-14-12-10-8-6-4-2)68-48-64-98-84(114)78(70-108)104-88(118)76(54-38-44-62-94)102-86(116)74(52-36-42-60-92)100-82(112)72(96)50-34-40-58-90/h17-20,71-78,107-108H,3-16,21-70,89-96H2,1-2H3,(H,97,113)(H,98,114)(H,99,111)(H,100,112)(H,101,115)(H,102,116)(H,103,117)(H,104,118)/b19-17-,20-18-/t71-,72-,73-,74-,75-,76-,77-,78-/m0/s1. The quantitative estimate of drug-likeness (QED) is 0.0219. The van der Waals surface area contributed by atoms with Crippen LogP contribution in [0.25, 0.3) is 0 Å². The summed E-state index contributed by atoms with van der Waals surface area (Å²) in [5.74, 6) is -5.09. The highest BCUT2D eigenvalue weighted by atomic mass is 16.3. The minimum absolute atomic E-state index is 0.0325. The van der Waals surface area contributed by atoms with Gasteiger partial charge in [-0.25, -0.2) is 0 Å². The summed E-state index contributed by atoms with van der Waals surface area (Å²) in [6.45, 7) is 6.77. The number of aliphatic hydroxyl groups excluding tert-OH is 2. The first kappa shape index (κ1) is 112. The predicted octanol–water partition coefficient (Wildman–Crippen LogP) is 6.83. The molecule has 0 aliphatic carbocycles. The molecule has 686 valence electrons. The fourth-order valence-electron chi connectivity index (χ4n) is 13.9. The number of hydrogen-bond donors (Lipinski definition) is 18. The van der Waals surface area contributed by atoms with Crippen LogP contribution < -0.4 is 88.4 Å². The molecule has 0 rings (SSSR count). The van der Waals surface area contributed by atoms with Gasteiger partial charge in [0.1, 0.15) is 36.3 Å². The van der Waals surface area contributed by atoms with Crippen LogP contribution >= 0.6 is 0 Å². The summed E-state index contributed by atoms with van der Waals surface area (Å²) < 4.78 is 0. The van der Waals surface area contributed by atoms with Gasteiger partial charge in [0.15, 0.2) is 0 Å². The maximum absolute atomic E-state index is 14.2. The van der Waals surface area contributed by atoms with E-state index in [0.29, 0.717) is 194 Å². The van der Waals surface area contributed by atoms with Crippen LogP contribution in [-0.2, 0) is 47.9 Å². The number of nitrogens with one attached hydrogen (secondary N) is 8. The normalized spacial score (nSPS) is 13.6. The summed E-state index contributed by atoms with van der Waals surface area (Å²) in [4.78, 5) is 142. The number of carbonyl (C=O) groups excluding carboxylic acids is 10. The molecule has 0 radical (unpaired) electrons. The van der Waals surface area contributed by atoms with Gasteiger partial charge in [-0.1, -0.05) is 154 Å². The lowest BCUT2D eigenvalue weighted by atomic mass is 10.0. The minimum Gasteiger partial charge on any atom is -0.394 e. The van der Waals surface area contributed by atoms with E-state index < -0.39 is 109 Å². The number of nitrogens with two attached hydrogens (primary N) is 8. The van der Waals surface area contributed by atoms with E-state index in [1.165, 1.54) is 77.0 Å². The largest absolute Gasteiger partial charge is 0.394 e. The molecule has 0 heterocycles. The molecule has 0 aromatic carbocycles. The average molecular weight is 1670 g/mol. The zero-order valence-corrected chi connectivity index (χ0v) is 73.7. The molecule has 0 saturated heterocycles. The first-order valence-corrected chi connectivity index (χ1v) is 46.4. The van der Waals surface area contributed by atoms with Gasteiger partial charge in [-0.3, -0.25) is 47.9 Å². The molecule has 0 aliphatic heterocycles. The van der Waals surface area contributed by atoms with Crippen molar-refractivity contribution < 1.29 is 58.2 Å². The van der Waals surface area contributed by atoms with Crippen LogP contribution in [0, 0.1) is 0 Å². The first-order valence-electron chi connectivity index (χ1n) is 46.4. The number of aliphatic hydroxyl groups is 2. The van der Waals surface area contributed by atoms with Gasteiger partial charge in [-0.15, -0.1) is 0 Å². The van der Waals surface area contributed by atoms with Crippen molar-refractivity contribution in [2.75, 3.05) is 91.8 Å². The van der Waals surface area contributed by atoms with Crippen molar-refractivity contribution in [2.24, 2.45) is 45.9 Å². The molecule has 0 aromatic rings. The zero-order valence-electron chi connectivity index (χ0n) is 73.7. The van der Waals surface area contributed by atoms with Gasteiger partial charge in [-0.05, 0) is 232 Å². The van der Waals surface area contributed by atoms with Crippen molar-refractivity contribution in [3.63, 3.8) is 0 Å². The third kappa shape index (κ3) is 60.3. The van der Waals surface area contributed by atoms with Crippen LogP contribution in [0.1, 0.15) is 335 Å². The third-order valence-corrected chi connectivity index (χ3v) is 21.5. The maximum atomic E-state index is 14.2. The van der Waals surface area contributed by atoms with Gasteiger partial charge < -0.3 is 108 Å². The Kier molecular flexibility index (Phi) is 75.1. The Morgan fingerprint density at radius 3 is 0.780 bits per heavy atom. The second kappa shape index (κ2) is 79.3. The Bertz CT molecular complexity index is 2460. The maximum Gasteiger partial charge on any atom is 0.244 e. The third-order valence-electron chi connectivity index (χ3n) is 21.5. The Morgan fingerprint density at radius 1 is 0.271 bits per heavy atom. The van der Waals surface area contributed by atoms with Gasteiger partial charge in [0.05, 0.1) is 25.3 Å². The lowest BCUT2D eigenvalue weighted by Gasteiger charge is -2.26. The highest BCUT2D eigenvalue weighted by Crippen LogP contribution is 2.17. The zero-order chi connectivity index (χ0) is 87.3. The van der Waals surface area contributed by atoms with Crippen molar-refractivity contribution in [3.05, 3.63) is 24.3 Å². The molecule has 0 spiro atoms. The number of unbranched alkanes of at least 4 members (excludes halogenated alkanes) is 29. The van der Waals surface area contributed by atoms with Gasteiger partial charge in [0.2, 0.25) is 59.1 Å². The number of allylic oxidation sites excluding steroid dienone is 4. The van der Waals surface area contributed by atoms with E-state index in [-0.39, 0.29) is 63.7 Å². The van der Waals surface area contributed by atoms with Crippen LogP contribution in [0.4, 0.5) is 0 Å². The van der Waals surface area contributed by atoms with Crippen LogP contribution in [-0.4, -0.2) is 219 Å². The second-order valence-electron chi connectivity index (χ2n) is 32.1. The van der Waals surface area contributed by atoms with Crippen LogP contribution in [0.2, 0.25) is 0 Å². The van der Waals surface area contributed by atoms with Crippen molar-refractivity contribution in [1.82, 2.24) is 52.3 Å². The number of hydrogen-bond acceptors (Lipinski definition) is 20. The SMILES string of the molecule is CCCCCCCC/C=C\CCCCCCCC(=O)N(CCCCN(CCCNC(=O)[C@H](CO)NC(=O)[C@H](CCCCN)NC(=O)[C@H](CCCCN)NC(=O)[C@@H](N)CCCCN)C(=O)CCCCCCC/C=C\CCCCCCCC)CCCNC(=O)[C@H](CO)NC(=O)[C@H](CCCCN)NC(=O)[C@H](CCCCN)NC(=O)[C@@H](N)CCCCN. The molecule has 0 fully saturated rings. The molecule has 0 aromatic heterocycles. The van der Waals surface area contributed by atoms with E-state index in [9.17, 15) is 58.2 Å². The lowest BCUT2D eigenvalue weighted by Crippen LogP contribution is -2.58. The molecule has 0 aliphatic rings. The number of nitrogens with zero attached hydrogens (tertiary/aromatic N) is 2. The van der Waals surface area contributed by atoms with Crippen LogP contribution in [0.15, 0.2) is 24.3 Å². The summed E-state index contributed by atoms with van der Waals surface area (Å²) in [6.07, 6.45) is 49.1. The van der Waals surface area contributed by atoms with Gasteiger partial charge >= 0.3 is 0 Å². The highest BCUT2D eigenvalue weighted by Gasteiger charge is 2.33. The smallest absolute Gasteiger partial charge is 0.244 e. The summed E-state index contributed by atoms with van der Waals surface area (Å²) in [6, 6.07) is -8.90. The van der Waals surface area contributed by atoms with Gasteiger partial charge in [0, 0.05) is 52.1 Å². The molecule has 118 heavy (non-hydrogen) atoms. The van der Waals surface area contributed by atoms with Gasteiger partial charge in [0.25, 0.3) is 0 Å². The first-order chi connectivity index (χ1) is 57.3. The summed E-state index contributed by atoms with van der Waals surface area (Å²) >= 11 is 0. The molecule has 8 atom stereocenters. The number of carbonyl (C=O) groups is 10. The van der Waals surface area contributed by atoms with E-state index in [1.807, 2.05) is 0 Å². The lowest BCUT2D eigenvalue weighted by molar-refractivity contribution is -0.134. The topological polar surface area (TPSA) is 522 Å². The van der Waals surface area contributed by atoms with Crippen molar-refractivity contribution in [2.45, 2.75) is 383 Å². The van der Waals surface area contributed by atoms with Crippen molar-refractivity contribution in [3.8, 4) is 0 Å². The van der Waals surface area contributed by atoms with Crippen LogP contribution in [0.3, 0.4) is 0 Å². The van der Waals surface area contributed by atoms with E-state index in [0.717, 1.165) is 77.0 Å². The Morgan fingerprint density at radius 2 is 0.508 bits per heavy atom. The van der Waals surface area contributed by atoms with Gasteiger partial charge in [-0.2, -0.15) is 0 Å². The Balaban J connectivity index is 6.62. The fraction of sp³-hybridized carbons (Fsp3) is 0.841. The van der Waals surface area contributed by atoms with Crippen LogP contribution in [0.5, 0.6) is 0 Å². The second-order valence-corrected chi connectivity index (χ2v) is 32.1. The predicted molar refractivity (Wildman–Crippen MR) is 476 cm³/mol. The molecular formula is C88H172N18O12. The molecule has 26 N–H and O–H groups in total. The molecule has 10 amide bonds. The molecule has 0 bridgehead atoms. The molecule has 0 unspecified atom stereocenters. The highest BCUT2D eigenvalue weighted by molar-refractivity contribution is 5.96. The molecule has 30 heteroatoms. The number of amides is 10. The van der Waals surface area contributed by atoms with E-state index in [1.54, 1.807) is 9.80 Å². The average Bonchev–Trinajstić information content (AvgIpc) is 0.870. The number of rotatable bonds is 83. The summed E-state index contributed by atoms with van der Waals surface area (Å²) in [5, 5.41) is 42.9. The summed E-state index contributed by atoms with van der Waals surface area (Å²) in [5.41, 5.74) is 46.8. The Hall–Kier alpha value is -6.22. The van der Waals surface area contributed by atoms with E-state index in [4.69, 9.17) is 45.9 Å². The fourth-order valence-corrected chi connectivity index (χ4v) is 13.9. The Labute approximate surface area is 711 Å². The van der Waals surface area contributed by atoms with Crippen molar-refractivity contribution in [1.29, 1.82) is 0 Å². The van der Waals surface area contributed by atoms with E-state index in [2.05, 4.69) is 80.7 Å².